The van der Waals surface area contributed by atoms with Crippen molar-refractivity contribution < 1.29 is 4.39 Å². The maximum Gasteiger partial charge on any atom is 0.123 e. The number of benzene rings is 1. The van der Waals surface area contributed by atoms with Gasteiger partial charge in [-0.3, -0.25) is 11.3 Å². The smallest absolute Gasteiger partial charge is 0.123 e. The van der Waals surface area contributed by atoms with Crippen LogP contribution in [-0.2, 0) is 6.42 Å². The second kappa shape index (κ2) is 5.37. The Kier molecular flexibility index (Phi) is 4.03. The van der Waals surface area contributed by atoms with E-state index in [1.54, 1.807) is 6.07 Å². The van der Waals surface area contributed by atoms with Crippen LogP contribution in [0.3, 0.4) is 0 Å². The summed E-state index contributed by atoms with van der Waals surface area (Å²) in [6, 6.07) is 5.22. The van der Waals surface area contributed by atoms with Gasteiger partial charge in [0, 0.05) is 6.04 Å². The number of hydrogen-bond acceptors (Lipinski definition) is 2. The van der Waals surface area contributed by atoms with Crippen LogP contribution >= 0.6 is 0 Å². The number of hydrogen-bond donors (Lipinski definition) is 2. The molecule has 3 heteroatoms. The molecule has 100 valence electrons. The normalized spacial score (nSPS) is 20.0. The monoisotopic (exact) mass is 250 g/mol. The van der Waals surface area contributed by atoms with E-state index < -0.39 is 0 Å². The van der Waals surface area contributed by atoms with E-state index in [1.807, 2.05) is 13.0 Å². The number of nitrogens with two attached hydrogens (primary N) is 1. The van der Waals surface area contributed by atoms with Crippen molar-refractivity contribution in [3.63, 3.8) is 0 Å². The molecule has 0 radical (unpaired) electrons. The van der Waals surface area contributed by atoms with Crippen LogP contribution in [0.15, 0.2) is 18.2 Å². The highest BCUT2D eigenvalue weighted by Gasteiger charge is 2.36. The Morgan fingerprint density at radius 2 is 2.06 bits per heavy atom. The predicted molar refractivity (Wildman–Crippen MR) is 72.5 cm³/mol. The van der Waals surface area contributed by atoms with Crippen molar-refractivity contribution in [2.24, 2.45) is 11.3 Å². The zero-order valence-electron chi connectivity index (χ0n) is 11.3. The molecule has 1 aliphatic rings. The minimum Gasteiger partial charge on any atom is -0.271 e. The summed E-state index contributed by atoms with van der Waals surface area (Å²) in [6.45, 7) is 4.32. The Morgan fingerprint density at radius 3 is 2.67 bits per heavy atom. The molecule has 0 spiro atoms. The second-order valence-corrected chi connectivity index (χ2v) is 5.86. The van der Waals surface area contributed by atoms with Gasteiger partial charge in [0.05, 0.1) is 0 Å². The zero-order chi connectivity index (χ0) is 13.2. The molecule has 0 aromatic heterocycles. The third-order valence-electron chi connectivity index (χ3n) is 4.52. The van der Waals surface area contributed by atoms with Crippen LogP contribution < -0.4 is 11.3 Å². The van der Waals surface area contributed by atoms with Gasteiger partial charge in [0.2, 0.25) is 0 Å². The summed E-state index contributed by atoms with van der Waals surface area (Å²) >= 11 is 0. The molecule has 1 saturated carbocycles. The third kappa shape index (κ3) is 2.73. The van der Waals surface area contributed by atoms with E-state index in [2.05, 4.69) is 12.3 Å². The average Bonchev–Trinajstić information content (AvgIpc) is 2.78. The van der Waals surface area contributed by atoms with Crippen molar-refractivity contribution in [2.45, 2.75) is 52.0 Å². The number of nitrogens with one attached hydrogen (secondary N) is 1. The lowest BCUT2D eigenvalue weighted by atomic mass is 9.78. The molecular formula is C15H23FN2. The van der Waals surface area contributed by atoms with E-state index in [1.165, 1.54) is 31.7 Å². The summed E-state index contributed by atoms with van der Waals surface area (Å²) in [6.07, 6.45) is 5.76. The van der Waals surface area contributed by atoms with E-state index in [4.69, 9.17) is 5.84 Å². The maximum absolute atomic E-state index is 13.3. The van der Waals surface area contributed by atoms with E-state index in [9.17, 15) is 4.39 Å². The van der Waals surface area contributed by atoms with Crippen LogP contribution in [0.5, 0.6) is 0 Å². The molecule has 0 saturated heterocycles. The molecular weight excluding hydrogens is 227 g/mol. The van der Waals surface area contributed by atoms with Crippen LogP contribution in [0.2, 0.25) is 0 Å². The molecule has 1 aliphatic carbocycles. The lowest BCUT2D eigenvalue weighted by Crippen LogP contribution is -2.47. The number of hydrazine groups is 1. The first kappa shape index (κ1) is 13.5. The highest BCUT2D eigenvalue weighted by molar-refractivity contribution is 5.27. The molecule has 18 heavy (non-hydrogen) atoms. The van der Waals surface area contributed by atoms with Crippen LogP contribution in [0.25, 0.3) is 0 Å². The van der Waals surface area contributed by atoms with Gasteiger partial charge in [-0.25, -0.2) is 4.39 Å². The topological polar surface area (TPSA) is 38.0 Å². The molecule has 3 N–H and O–H groups in total. The molecule has 1 fully saturated rings. The van der Waals surface area contributed by atoms with Crippen LogP contribution in [-0.4, -0.2) is 6.04 Å². The summed E-state index contributed by atoms with van der Waals surface area (Å²) in [4.78, 5) is 0. The second-order valence-electron chi connectivity index (χ2n) is 5.86. The fourth-order valence-electron chi connectivity index (χ4n) is 3.12. The number of halogens is 1. The Bertz CT molecular complexity index is 411. The van der Waals surface area contributed by atoms with Crippen molar-refractivity contribution in [2.75, 3.05) is 0 Å². The Balaban J connectivity index is 2.17. The standard InChI is InChI=1S/C15H23FN2/c1-11-5-6-13(16)9-12(11)10-14(18-17)15(2)7-3-4-8-15/h5-6,9,14,18H,3-4,7-8,10,17H2,1-2H3. The summed E-state index contributed by atoms with van der Waals surface area (Å²) < 4.78 is 13.3. The van der Waals surface area contributed by atoms with Crippen molar-refractivity contribution >= 4 is 0 Å². The molecule has 1 aromatic rings. The van der Waals surface area contributed by atoms with Crippen LogP contribution in [0.1, 0.15) is 43.7 Å². The Labute approximate surface area is 109 Å². The maximum atomic E-state index is 13.3. The largest absolute Gasteiger partial charge is 0.271 e. The zero-order valence-corrected chi connectivity index (χ0v) is 11.3. The molecule has 2 nitrogen and oxygen atoms in total. The molecule has 1 unspecified atom stereocenters. The SMILES string of the molecule is Cc1ccc(F)cc1CC(NN)C1(C)CCCC1. The van der Waals surface area contributed by atoms with Gasteiger partial charge in [0.15, 0.2) is 0 Å². The lowest BCUT2D eigenvalue weighted by Gasteiger charge is -2.34. The molecule has 0 bridgehead atoms. The number of rotatable bonds is 4. The van der Waals surface area contributed by atoms with Gasteiger partial charge in [0.1, 0.15) is 5.82 Å². The van der Waals surface area contributed by atoms with Crippen molar-refractivity contribution in [1.29, 1.82) is 0 Å². The van der Waals surface area contributed by atoms with Gasteiger partial charge >= 0.3 is 0 Å². The molecule has 1 aromatic carbocycles. The van der Waals surface area contributed by atoms with Crippen LogP contribution in [0.4, 0.5) is 4.39 Å². The fourth-order valence-corrected chi connectivity index (χ4v) is 3.12. The highest BCUT2D eigenvalue weighted by Crippen LogP contribution is 2.41. The van der Waals surface area contributed by atoms with E-state index in [0.29, 0.717) is 0 Å². The minimum atomic E-state index is -0.164. The minimum absolute atomic E-state index is 0.164. The lowest BCUT2D eigenvalue weighted by molar-refractivity contribution is 0.220. The van der Waals surface area contributed by atoms with Crippen molar-refractivity contribution in [1.82, 2.24) is 5.43 Å². The van der Waals surface area contributed by atoms with E-state index in [0.717, 1.165) is 17.5 Å². The molecule has 2 rings (SSSR count). The van der Waals surface area contributed by atoms with Gasteiger partial charge in [-0.05, 0) is 54.9 Å². The van der Waals surface area contributed by atoms with Gasteiger partial charge in [-0.2, -0.15) is 0 Å². The molecule has 1 atom stereocenters. The summed E-state index contributed by atoms with van der Waals surface area (Å²) in [5.74, 6) is 5.57. The van der Waals surface area contributed by atoms with Gasteiger partial charge < -0.3 is 0 Å². The van der Waals surface area contributed by atoms with E-state index in [-0.39, 0.29) is 17.3 Å². The Hall–Kier alpha value is -0.930. The highest BCUT2D eigenvalue weighted by atomic mass is 19.1. The van der Waals surface area contributed by atoms with Gasteiger partial charge in [0.25, 0.3) is 0 Å². The third-order valence-corrected chi connectivity index (χ3v) is 4.52. The van der Waals surface area contributed by atoms with Crippen LogP contribution in [0, 0.1) is 18.2 Å². The molecule has 0 aliphatic heterocycles. The summed E-state index contributed by atoms with van der Waals surface area (Å²) in [5, 5.41) is 0. The number of aryl methyl sites for hydroxylation is 1. The van der Waals surface area contributed by atoms with E-state index >= 15 is 0 Å². The first-order valence-corrected chi connectivity index (χ1v) is 6.76. The summed E-state index contributed by atoms with van der Waals surface area (Å²) in [7, 11) is 0. The fraction of sp³-hybridized carbons (Fsp3) is 0.600. The van der Waals surface area contributed by atoms with Gasteiger partial charge in [-0.1, -0.05) is 25.8 Å². The quantitative estimate of drug-likeness (QED) is 0.636. The predicted octanol–water partition coefficient (Wildman–Crippen LogP) is 3.09. The molecule has 0 amide bonds. The van der Waals surface area contributed by atoms with Crippen molar-refractivity contribution in [3.05, 3.63) is 35.1 Å². The Morgan fingerprint density at radius 1 is 1.39 bits per heavy atom. The van der Waals surface area contributed by atoms with Gasteiger partial charge in [-0.15, -0.1) is 0 Å². The van der Waals surface area contributed by atoms with Crippen molar-refractivity contribution in [3.8, 4) is 0 Å². The molecule has 0 heterocycles. The average molecular weight is 250 g/mol. The first-order chi connectivity index (χ1) is 8.55. The first-order valence-electron chi connectivity index (χ1n) is 6.76. The summed E-state index contributed by atoms with van der Waals surface area (Å²) in [5.41, 5.74) is 5.40.